The monoisotopic (exact) mass is 539 g/mol. The minimum absolute atomic E-state index is 0.257. The Morgan fingerprint density at radius 1 is 1.10 bits per heavy atom. The van der Waals surface area contributed by atoms with Crippen LogP contribution in [0.2, 0.25) is 10.0 Å². The number of hydrogen-bond acceptors (Lipinski definition) is 5. The van der Waals surface area contributed by atoms with Gasteiger partial charge in [0, 0.05) is 16.6 Å². The molecule has 0 aliphatic carbocycles. The largest absolute Gasteiger partial charge is 0.322 e. The number of anilines is 2. The Labute approximate surface area is 200 Å². The SMILES string of the molecule is O=C(Nc1nnc(-c2ccc(Br)cc2)s1)C1CCCN1C(=O)Nc1cccc(Cl)c1Cl. The average Bonchev–Trinajstić information content (AvgIpc) is 3.42. The Hall–Kier alpha value is -2.20. The number of benzene rings is 2. The van der Waals surface area contributed by atoms with Gasteiger partial charge in [-0.3, -0.25) is 10.1 Å². The van der Waals surface area contributed by atoms with Crippen LogP contribution >= 0.6 is 50.5 Å². The summed E-state index contributed by atoms with van der Waals surface area (Å²) in [6, 6.07) is 11.6. The molecule has 31 heavy (non-hydrogen) atoms. The van der Waals surface area contributed by atoms with E-state index in [9.17, 15) is 9.59 Å². The summed E-state index contributed by atoms with van der Waals surface area (Å²) in [5.41, 5.74) is 1.30. The molecule has 1 aliphatic rings. The maximum atomic E-state index is 12.8. The third kappa shape index (κ3) is 5.01. The summed E-state index contributed by atoms with van der Waals surface area (Å²) < 4.78 is 0.966. The zero-order valence-electron chi connectivity index (χ0n) is 15.9. The zero-order chi connectivity index (χ0) is 22.0. The number of nitrogens with one attached hydrogen (secondary N) is 2. The molecule has 1 aliphatic heterocycles. The van der Waals surface area contributed by atoms with E-state index in [2.05, 4.69) is 36.8 Å². The van der Waals surface area contributed by atoms with E-state index in [-0.39, 0.29) is 10.9 Å². The summed E-state index contributed by atoms with van der Waals surface area (Å²) in [4.78, 5) is 27.1. The Kier molecular flexibility index (Phi) is 6.76. The van der Waals surface area contributed by atoms with Crippen LogP contribution < -0.4 is 10.6 Å². The highest BCUT2D eigenvalue weighted by Gasteiger charge is 2.35. The van der Waals surface area contributed by atoms with E-state index in [1.54, 1.807) is 18.2 Å². The molecule has 2 N–H and O–H groups in total. The van der Waals surface area contributed by atoms with Crippen molar-refractivity contribution in [1.29, 1.82) is 0 Å². The molecule has 0 radical (unpaired) electrons. The van der Waals surface area contributed by atoms with Crippen molar-refractivity contribution in [3.05, 3.63) is 57.0 Å². The maximum absolute atomic E-state index is 12.8. The fraction of sp³-hybridized carbons (Fsp3) is 0.200. The number of carbonyl (C=O) groups excluding carboxylic acids is 2. The van der Waals surface area contributed by atoms with E-state index in [1.165, 1.54) is 16.2 Å². The number of hydrogen-bond donors (Lipinski definition) is 2. The second-order valence-corrected chi connectivity index (χ2v) is 9.47. The van der Waals surface area contributed by atoms with Crippen molar-refractivity contribution in [2.45, 2.75) is 18.9 Å². The molecule has 11 heteroatoms. The average molecular weight is 541 g/mol. The van der Waals surface area contributed by atoms with Crippen LogP contribution in [-0.4, -0.2) is 39.6 Å². The molecule has 1 aromatic heterocycles. The highest BCUT2D eigenvalue weighted by molar-refractivity contribution is 9.10. The number of nitrogens with zero attached hydrogens (tertiary/aromatic N) is 3. The van der Waals surface area contributed by atoms with Gasteiger partial charge in [0.25, 0.3) is 0 Å². The first kappa shape index (κ1) is 22.0. The molecule has 7 nitrogen and oxygen atoms in total. The van der Waals surface area contributed by atoms with Crippen molar-refractivity contribution in [3.8, 4) is 10.6 Å². The number of likely N-dealkylation sites (tertiary alicyclic amines) is 1. The van der Waals surface area contributed by atoms with E-state index < -0.39 is 12.1 Å². The van der Waals surface area contributed by atoms with Gasteiger partial charge in [0.05, 0.1) is 15.7 Å². The van der Waals surface area contributed by atoms with Crippen LogP contribution in [0.1, 0.15) is 12.8 Å². The molecule has 1 unspecified atom stereocenters. The fourth-order valence-corrected chi connectivity index (χ4v) is 4.61. The first-order valence-corrected chi connectivity index (χ1v) is 11.7. The van der Waals surface area contributed by atoms with E-state index in [1.807, 2.05) is 24.3 Å². The van der Waals surface area contributed by atoms with Gasteiger partial charge in [0.1, 0.15) is 11.0 Å². The van der Waals surface area contributed by atoms with Crippen LogP contribution in [0.25, 0.3) is 10.6 Å². The van der Waals surface area contributed by atoms with E-state index in [0.717, 1.165) is 16.5 Å². The fourth-order valence-electron chi connectivity index (χ4n) is 3.24. The van der Waals surface area contributed by atoms with Crippen LogP contribution in [0, 0.1) is 0 Å². The summed E-state index contributed by atoms with van der Waals surface area (Å²) in [5.74, 6) is -0.302. The molecular weight excluding hydrogens is 525 g/mol. The highest BCUT2D eigenvalue weighted by atomic mass is 79.9. The lowest BCUT2D eigenvalue weighted by molar-refractivity contribution is -0.119. The normalized spacial score (nSPS) is 15.7. The molecule has 3 aromatic rings. The van der Waals surface area contributed by atoms with Crippen LogP contribution in [-0.2, 0) is 4.79 Å². The van der Waals surface area contributed by atoms with Crippen molar-refractivity contribution in [2.75, 3.05) is 17.2 Å². The maximum Gasteiger partial charge on any atom is 0.322 e. The van der Waals surface area contributed by atoms with Crippen LogP contribution in [0.15, 0.2) is 46.9 Å². The van der Waals surface area contributed by atoms with Gasteiger partial charge in [0.2, 0.25) is 11.0 Å². The van der Waals surface area contributed by atoms with E-state index in [0.29, 0.717) is 33.8 Å². The molecule has 0 saturated carbocycles. The van der Waals surface area contributed by atoms with Gasteiger partial charge < -0.3 is 10.2 Å². The number of aromatic nitrogens is 2. The topological polar surface area (TPSA) is 87.2 Å². The Bertz CT molecular complexity index is 1130. The molecule has 4 rings (SSSR count). The number of amides is 3. The first-order chi connectivity index (χ1) is 14.9. The Balaban J connectivity index is 1.43. The van der Waals surface area contributed by atoms with Crippen LogP contribution in [0.5, 0.6) is 0 Å². The van der Waals surface area contributed by atoms with Gasteiger partial charge in [-0.15, -0.1) is 10.2 Å². The summed E-state index contributed by atoms with van der Waals surface area (Å²) in [6.07, 6.45) is 1.27. The molecule has 160 valence electrons. The number of halogens is 3. The lowest BCUT2D eigenvalue weighted by Gasteiger charge is -2.24. The quantitative estimate of drug-likeness (QED) is 0.430. The molecule has 3 amide bonds. The van der Waals surface area contributed by atoms with Gasteiger partial charge in [-0.2, -0.15) is 0 Å². The molecule has 0 bridgehead atoms. The standard InChI is InChI=1S/C20H16BrCl2N5O2S/c21-12-8-6-11(7-9-12)18-26-27-19(31-18)25-17(29)15-5-2-10-28(15)20(30)24-14-4-1-3-13(22)16(14)23/h1,3-4,6-9,15H,2,5,10H2,(H,24,30)(H,25,27,29). The van der Waals surface area contributed by atoms with Crippen molar-refractivity contribution in [3.63, 3.8) is 0 Å². The predicted octanol–water partition coefficient (Wildman–Crippen LogP) is 5.91. The smallest absolute Gasteiger partial charge is 0.312 e. The van der Waals surface area contributed by atoms with Gasteiger partial charge in [-0.1, -0.05) is 68.7 Å². The summed E-state index contributed by atoms with van der Waals surface area (Å²) in [6.45, 7) is 0.461. The molecule has 2 aromatic carbocycles. The zero-order valence-corrected chi connectivity index (χ0v) is 19.9. The molecule has 0 spiro atoms. The van der Waals surface area contributed by atoms with Crippen molar-refractivity contribution in [1.82, 2.24) is 15.1 Å². The van der Waals surface area contributed by atoms with Crippen molar-refractivity contribution in [2.24, 2.45) is 0 Å². The predicted molar refractivity (Wildman–Crippen MR) is 127 cm³/mol. The van der Waals surface area contributed by atoms with Crippen molar-refractivity contribution >= 4 is 73.2 Å². The van der Waals surface area contributed by atoms with Gasteiger partial charge in [-0.25, -0.2) is 4.79 Å². The van der Waals surface area contributed by atoms with Gasteiger partial charge in [-0.05, 0) is 37.1 Å². The highest BCUT2D eigenvalue weighted by Crippen LogP contribution is 2.31. The van der Waals surface area contributed by atoms with Gasteiger partial charge >= 0.3 is 6.03 Å². The molecule has 1 atom stereocenters. The molecule has 2 heterocycles. The lowest BCUT2D eigenvalue weighted by Crippen LogP contribution is -2.45. The number of carbonyl (C=O) groups is 2. The third-order valence-corrected chi connectivity index (χ3v) is 6.99. The number of urea groups is 1. The molecule has 1 fully saturated rings. The Morgan fingerprint density at radius 3 is 2.65 bits per heavy atom. The number of rotatable bonds is 4. The van der Waals surface area contributed by atoms with Crippen LogP contribution in [0.4, 0.5) is 15.6 Å². The summed E-state index contributed by atoms with van der Waals surface area (Å²) >= 11 is 16.8. The minimum Gasteiger partial charge on any atom is -0.312 e. The Morgan fingerprint density at radius 2 is 1.87 bits per heavy atom. The molecule has 1 saturated heterocycles. The second-order valence-electron chi connectivity index (χ2n) is 6.79. The minimum atomic E-state index is -0.613. The van der Waals surface area contributed by atoms with E-state index >= 15 is 0 Å². The summed E-state index contributed by atoms with van der Waals surface area (Å²) in [7, 11) is 0. The second kappa shape index (κ2) is 9.52. The van der Waals surface area contributed by atoms with Crippen LogP contribution in [0.3, 0.4) is 0 Å². The molecular formula is C20H16BrCl2N5O2S. The van der Waals surface area contributed by atoms with Crippen molar-refractivity contribution < 1.29 is 9.59 Å². The lowest BCUT2D eigenvalue weighted by atomic mass is 10.2. The third-order valence-electron chi connectivity index (χ3n) is 4.76. The first-order valence-electron chi connectivity index (χ1n) is 9.34. The van der Waals surface area contributed by atoms with E-state index in [4.69, 9.17) is 23.2 Å². The van der Waals surface area contributed by atoms with Gasteiger partial charge in [0.15, 0.2) is 0 Å². The summed E-state index contributed by atoms with van der Waals surface area (Å²) in [5, 5.41) is 15.4.